The zero-order valence-electron chi connectivity index (χ0n) is 16.3. The van der Waals surface area contributed by atoms with Gasteiger partial charge in [-0.1, -0.05) is 18.2 Å². The number of anilines is 1. The van der Waals surface area contributed by atoms with Crippen LogP contribution in [0.5, 0.6) is 0 Å². The second-order valence-corrected chi connectivity index (χ2v) is 7.90. The fraction of sp³-hybridized carbons (Fsp3) is 0.318. The third-order valence-corrected chi connectivity index (χ3v) is 6.08. The lowest BCUT2D eigenvalue weighted by Crippen LogP contribution is -2.42. The quantitative estimate of drug-likeness (QED) is 0.554. The summed E-state index contributed by atoms with van der Waals surface area (Å²) in [4.78, 5) is 43.2. The van der Waals surface area contributed by atoms with Gasteiger partial charge in [0, 0.05) is 18.3 Å². The molecule has 5 rings (SSSR count). The molecule has 4 unspecified atom stereocenters. The van der Waals surface area contributed by atoms with Gasteiger partial charge in [-0.05, 0) is 37.0 Å². The Labute approximate surface area is 176 Å². The first-order valence-electron chi connectivity index (χ1n) is 10.0. The number of nitro groups is 1. The van der Waals surface area contributed by atoms with E-state index in [0.29, 0.717) is 17.8 Å². The number of ether oxygens (including phenoxy) is 1. The molecule has 1 fully saturated rings. The predicted octanol–water partition coefficient (Wildman–Crippen LogP) is 3.44. The molecule has 0 spiro atoms. The Morgan fingerprint density at radius 2 is 2.00 bits per heavy atom. The van der Waals surface area contributed by atoms with E-state index in [9.17, 15) is 24.1 Å². The normalized spacial score (nSPS) is 27.6. The molecule has 0 N–H and O–H groups in total. The van der Waals surface area contributed by atoms with Crippen LogP contribution in [0.2, 0.25) is 0 Å². The van der Waals surface area contributed by atoms with Gasteiger partial charge >= 0.3 is 0 Å². The monoisotopic (exact) mass is 423 g/mol. The molecule has 3 aliphatic rings. The molecule has 0 radical (unpaired) electrons. The molecule has 2 aliphatic heterocycles. The standard InChI is InChI=1S/C22H18FN3O5/c23-13-7-8-16-15(11-13)20(27)18-19(12-4-3-5-14(10-12)26(29)30)25(22(28)21(18)31-16)17-6-1-2-9-24-17/h1-6,9-10,13,15-16,19H,7-8,11H2. The van der Waals surface area contributed by atoms with Crippen molar-refractivity contribution in [2.45, 2.75) is 37.6 Å². The molecule has 1 aromatic carbocycles. The zero-order valence-corrected chi connectivity index (χ0v) is 16.3. The first-order chi connectivity index (χ1) is 15.0. The number of aromatic nitrogens is 1. The van der Waals surface area contributed by atoms with E-state index in [-0.39, 0.29) is 35.6 Å². The first kappa shape index (κ1) is 19.3. The highest BCUT2D eigenvalue weighted by molar-refractivity contribution is 6.17. The van der Waals surface area contributed by atoms with Gasteiger partial charge in [0.15, 0.2) is 11.5 Å². The number of non-ortho nitro benzene ring substituents is 1. The molecule has 1 amide bonds. The van der Waals surface area contributed by atoms with E-state index in [1.165, 1.54) is 29.3 Å². The molecular formula is C22H18FN3O5. The number of nitro benzene ring substituents is 1. The van der Waals surface area contributed by atoms with Crippen molar-refractivity contribution in [2.24, 2.45) is 5.92 Å². The lowest BCUT2D eigenvalue weighted by Gasteiger charge is -2.36. The Bertz CT molecular complexity index is 1120. The number of fused-ring (bicyclic) bond motifs is 1. The van der Waals surface area contributed by atoms with Crippen LogP contribution in [-0.4, -0.2) is 33.9 Å². The highest BCUT2D eigenvalue weighted by Gasteiger charge is 2.53. The number of amides is 1. The first-order valence-corrected chi connectivity index (χ1v) is 10.0. The summed E-state index contributed by atoms with van der Waals surface area (Å²) < 4.78 is 20.0. The minimum Gasteiger partial charge on any atom is -0.483 e. The number of pyridine rings is 1. The summed E-state index contributed by atoms with van der Waals surface area (Å²) in [7, 11) is 0. The lowest BCUT2D eigenvalue weighted by molar-refractivity contribution is -0.384. The number of rotatable bonds is 3. The average Bonchev–Trinajstić information content (AvgIpc) is 3.07. The van der Waals surface area contributed by atoms with Gasteiger partial charge in [-0.2, -0.15) is 0 Å². The molecule has 158 valence electrons. The molecule has 1 aliphatic carbocycles. The molecule has 9 heteroatoms. The molecule has 4 atom stereocenters. The molecular weight excluding hydrogens is 405 g/mol. The van der Waals surface area contributed by atoms with Gasteiger partial charge in [0.1, 0.15) is 18.1 Å². The molecule has 31 heavy (non-hydrogen) atoms. The van der Waals surface area contributed by atoms with E-state index in [2.05, 4.69) is 4.98 Å². The second kappa shape index (κ2) is 7.26. The van der Waals surface area contributed by atoms with Crippen LogP contribution in [0.3, 0.4) is 0 Å². The largest absolute Gasteiger partial charge is 0.483 e. The van der Waals surface area contributed by atoms with Crippen molar-refractivity contribution in [3.05, 3.63) is 75.7 Å². The molecule has 0 saturated heterocycles. The van der Waals surface area contributed by atoms with Crippen LogP contribution in [0, 0.1) is 16.0 Å². The van der Waals surface area contributed by atoms with E-state index >= 15 is 0 Å². The summed E-state index contributed by atoms with van der Waals surface area (Å²) in [5.74, 6) is -1.32. The van der Waals surface area contributed by atoms with Gasteiger partial charge in [0.2, 0.25) is 0 Å². The van der Waals surface area contributed by atoms with E-state index in [1.807, 2.05) is 0 Å². The van der Waals surface area contributed by atoms with E-state index in [4.69, 9.17) is 4.74 Å². The number of nitrogens with zero attached hydrogens (tertiary/aromatic N) is 3. The molecule has 1 aromatic heterocycles. The molecule has 2 aromatic rings. The number of ketones is 1. The zero-order chi connectivity index (χ0) is 21.7. The van der Waals surface area contributed by atoms with Crippen LogP contribution in [-0.2, 0) is 14.3 Å². The van der Waals surface area contributed by atoms with Gasteiger partial charge in [0.05, 0.1) is 22.5 Å². The fourth-order valence-corrected chi connectivity index (χ4v) is 4.67. The topological polar surface area (TPSA) is 103 Å². The number of carbonyl (C=O) groups excluding carboxylic acids is 2. The number of carbonyl (C=O) groups is 2. The van der Waals surface area contributed by atoms with Crippen LogP contribution in [0.1, 0.15) is 30.9 Å². The highest BCUT2D eigenvalue weighted by Crippen LogP contribution is 2.48. The Morgan fingerprint density at radius 3 is 2.74 bits per heavy atom. The maximum Gasteiger partial charge on any atom is 0.295 e. The number of Topliss-reactive ketones (excluding diaryl/α,β-unsaturated/α-hetero) is 1. The number of hydrogen-bond donors (Lipinski definition) is 0. The third kappa shape index (κ3) is 3.08. The summed E-state index contributed by atoms with van der Waals surface area (Å²) in [6.07, 6.45) is 0.545. The summed E-state index contributed by atoms with van der Waals surface area (Å²) in [5, 5.41) is 11.3. The average molecular weight is 423 g/mol. The minimum absolute atomic E-state index is 0.0414. The summed E-state index contributed by atoms with van der Waals surface area (Å²) in [5.41, 5.74) is 0.344. The summed E-state index contributed by atoms with van der Waals surface area (Å²) in [6, 6.07) is 9.87. The van der Waals surface area contributed by atoms with Crippen molar-refractivity contribution in [2.75, 3.05) is 4.90 Å². The van der Waals surface area contributed by atoms with Gasteiger partial charge in [-0.3, -0.25) is 24.6 Å². The molecule has 3 heterocycles. The van der Waals surface area contributed by atoms with Gasteiger partial charge in [0.25, 0.3) is 11.6 Å². The van der Waals surface area contributed by atoms with Crippen LogP contribution in [0.4, 0.5) is 15.9 Å². The smallest absolute Gasteiger partial charge is 0.295 e. The Kier molecular flexibility index (Phi) is 4.53. The van der Waals surface area contributed by atoms with Crippen LogP contribution in [0.25, 0.3) is 0 Å². The molecule has 0 bridgehead atoms. The number of benzene rings is 1. The van der Waals surface area contributed by atoms with Crippen LogP contribution < -0.4 is 4.90 Å². The summed E-state index contributed by atoms with van der Waals surface area (Å²) >= 11 is 0. The fourth-order valence-electron chi connectivity index (χ4n) is 4.67. The van der Waals surface area contributed by atoms with Crippen molar-refractivity contribution in [1.29, 1.82) is 0 Å². The van der Waals surface area contributed by atoms with Crippen molar-refractivity contribution < 1.29 is 23.6 Å². The van der Waals surface area contributed by atoms with Gasteiger partial charge < -0.3 is 4.74 Å². The van der Waals surface area contributed by atoms with Crippen molar-refractivity contribution >= 4 is 23.2 Å². The predicted molar refractivity (Wildman–Crippen MR) is 107 cm³/mol. The maximum atomic E-state index is 14.1. The Hall–Kier alpha value is -3.62. The number of hydrogen-bond acceptors (Lipinski definition) is 6. The van der Waals surface area contributed by atoms with E-state index in [0.717, 1.165) is 0 Å². The third-order valence-electron chi connectivity index (χ3n) is 6.08. The Balaban J connectivity index is 1.66. The lowest BCUT2D eigenvalue weighted by atomic mass is 9.77. The van der Waals surface area contributed by atoms with E-state index < -0.39 is 35.1 Å². The minimum atomic E-state index is -1.10. The van der Waals surface area contributed by atoms with Crippen molar-refractivity contribution in [3.63, 3.8) is 0 Å². The molecule has 1 saturated carbocycles. The van der Waals surface area contributed by atoms with Crippen molar-refractivity contribution in [3.8, 4) is 0 Å². The second-order valence-electron chi connectivity index (χ2n) is 7.90. The van der Waals surface area contributed by atoms with Crippen LogP contribution in [0.15, 0.2) is 60.0 Å². The number of alkyl halides is 1. The Morgan fingerprint density at radius 1 is 1.16 bits per heavy atom. The van der Waals surface area contributed by atoms with Crippen LogP contribution >= 0.6 is 0 Å². The maximum absolute atomic E-state index is 14.1. The highest BCUT2D eigenvalue weighted by atomic mass is 19.1. The SMILES string of the molecule is O=C1C2=C(OC3CCC(F)CC13)C(=O)N(c1ccccn1)C2c1cccc([N+](=O)[O-])c1. The van der Waals surface area contributed by atoms with Gasteiger partial charge in [-0.25, -0.2) is 9.37 Å². The van der Waals surface area contributed by atoms with E-state index in [1.54, 1.807) is 24.3 Å². The summed E-state index contributed by atoms with van der Waals surface area (Å²) in [6.45, 7) is 0. The molecule has 8 nitrogen and oxygen atoms in total. The number of halogens is 1. The van der Waals surface area contributed by atoms with Crippen molar-refractivity contribution in [1.82, 2.24) is 4.98 Å². The van der Waals surface area contributed by atoms with Gasteiger partial charge in [-0.15, -0.1) is 0 Å².